The number of nitrogens with one attached hydrogen (secondary N) is 1. The molecule has 1 saturated heterocycles. The highest BCUT2D eigenvalue weighted by Gasteiger charge is 2.22. The fraction of sp³-hybridized carbons (Fsp3) is 0.562. The Labute approximate surface area is 126 Å². The largest absolute Gasteiger partial charge is 0.382 e. The molecule has 1 fully saturated rings. The smallest absolute Gasteiger partial charge is 0.317 e. The number of rotatable bonds is 6. The van der Waals surface area contributed by atoms with E-state index in [2.05, 4.69) is 5.32 Å². The quantitative estimate of drug-likeness (QED) is 0.816. The maximum atomic E-state index is 12.1. The van der Waals surface area contributed by atoms with Crippen molar-refractivity contribution in [2.24, 2.45) is 0 Å². The molecule has 0 spiro atoms. The van der Waals surface area contributed by atoms with Gasteiger partial charge in [-0.05, 0) is 18.4 Å². The number of nitrogens with zero attached hydrogens (tertiary/aromatic N) is 1. The zero-order valence-electron chi connectivity index (χ0n) is 12.6. The maximum absolute atomic E-state index is 12.1. The minimum absolute atomic E-state index is 0.00851. The third-order valence-corrected chi connectivity index (χ3v) is 3.66. The van der Waals surface area contributed by atoms with Gasteiger partial charge in [-0.2, -0.15) is 0 Å². The Kier molecular flexibility index (Phi) is 6.50. The number of carbonyl (C=O) groups excluding carboxylic acids is 1. The molecule has 2 amide bonds. The van der Waals surface area contributed by atoms with Crippen LogP contribution in [0.25, 0.3) is 0 Å². The molecule has 116 valence electrons. The number of methoxy groups -OCH3 is 1. The van der Waals surface area contributed by atoms with Crippen LogP contribution in [0, 0.1) is 0 Å². The molecule has 1 N–H and O–H groups in total. The van der Waals surface area contributed by atoms with Gasteiger partial charge in [-0.25, -0.2) is 4.79 Å². The fourth-order valence-corrected chi connectivity index (χ4v) is 2.41. The van der Waals surface area contributed by atoms with Crippen LogP contribution in [0.15, 0.2) is 30.3 Å². The van der Waals surface area contributed by atoms with Gasteiger partial charge in [0, 0.05) is 26.7 Å². The molecule has 0 bridgehead atoms. The van der Waals surface area contributed by atoms with Gasteiger partial charge in [-0.1, -0.05) is 30.3 Å². The minimum Gasteiger partial charge on any atom is -0.382 e. The summed E-state index contributed by atoms with van der Waals surface area (Å²) in [6.07, 6.45) is 2.03. The van der Waals surface area contributed by atoms with Crippen molar-refractivity contribution in [2.45, 2.75) is 25.5 Å². The van der Waals surface area contributed by atoms with E-state index in [0.29, 0.717) is 19.8 Å². The number of hydrogen-bond donors (Lipinski definition) is 1. The van der Waals surface area contributed by atoms with Crippen LogP contribution in [0.5, 0.6) is 0 Å². The SMILES string of the molecule is COCCOC1CCN(C(=O)NCc2ccccc2)CC1. The van der Waals surface area contributed by atoms with Crippen LogP contribution in [-0.4, -0.2) is 50.4 Å². The van der Waals surface area contributed by atoms with Gasteiger partial charge in [-0.15, -0.1) is 0 Å². The summed E-state index contributed by atoms with van der Waals surface area (Å²) in [4.78, 5) is 14.0. The molecular weight excluding hydrogens is 268 g/mol. The number of carbonyl (C=O) groups is 1. The Hall–Kier alpha value is -1.59. The number of benzene rings is 1. The first-order valence-corrected chi connectivity index (χ1v) is 7.47. The first-order valence-electron chi connectivity index (χ1n) is 7.47. The number of urea groups is 1. The minimum atomic E-state index is 0.00851. The normalized spacial score (nSPS) is 16.0. The second-order valence-electron chi connectivity index (χ2n) is 5.19. The predicted octanol–water partition coefficient (Wildman–Crippen LogP) is 2.02. The molecule has 0 atom stereocenters. The van der Waals surface area contributed by atoms with Crippen molar-refractivity contribution in [1.29, 1.82) is 0 Å². The highest BCUT2D eigenvalue weighted by molar-refractivity contribution is 5.74. The summed E-state index contributed by atoms with van der Waals surface area (Å²) in [7, 11) is 1.67. The van der Waals surface area contributed by atoms with Gasteiger partial charge < -0.3 is 19.7 Å². The molecule has 1 aromatic carbocycles. The molecule has 1 aromatic rings. The van der Waals surface area contributed by atoms with E-state index in [1.165, 1.54) is 0 Å². The summed E-state index contributed by atoms with van der Waals surface area (Å²) in [5.41, 5.74) is 1.11. The van der Waals surface area contributed by atoms with Crippen LogP contribution >= 0.6 is 0 Å². The Morgan fingerprint density at radius 2 is 1.95 bits per heavy atom. The highest BCUT2D eigenvalue weighted by Crippen LogP contribution is 2.13. The van der Waals surface area contributed by atoms with Crippen molar-refractivity contribution in [3.63, 3.8) is 0 Å². The van der Waals surface area contributed by atoms with Crippen molar-refractivity contribution in [3.8, 4) is 0 Å². The molecule has 0 radical (unpaired) electrons. The maximum Gasteiger partial charge on any atom is 0.317 e. The van der Waals surface area contributed by atoms with Gasteiger partial charge in [-0.3, -0.25) is 0 Å². The van der Waals surface area contributed by atoms with E-state index in [0.717, 1.165) is 31.5 Å². The van der Waals surface area contributed by atoms with E-state index >= 15 is 0 Å². The van der Waals surface area contributed by atoms with E-state index in [4.69, 9.17) is 9.47 Å². The van der Waals surface area contributed by atoms with E-state index in [-0.39, 0.29) is 12.1 Å². The zero-order chi connectivity index (χ0) is 14.9. The number of amides is 2. The average Bonchev–Trinajstić information content (AvgIpc) is 2.54. The lowest BCUT2D eigenvalue weighted by Crippen LogP contribution is -2.45. The lowest BCUT2D eigenvalue weighted by Gasteiger charge is -2.32. The molecule has 0 saturated carbocycles. The second kappa shape index (κ2) is 8.64. The van der Waals surface area contributed by atoms with Gasteiger partial charge in [0.05, 0.1) is 19.3 Å². The topological polar surface area (TPSA) is 50.8 Å². The molecule has 21 heavy (non-hydrogen) atoms. The lowest BCUT2D eigenvalue weighted by atomic mass is 10.1. The monoisotopic (exact) mass is 292 g/mol. The van der Waals surface area contributed by atoms with Gasteiger partial charge in [0.15, 0.2) is 0 Å². The third kappa shape index (κ3) is 5.36. The fourth-order valence-electron chi connectivity index (χ4n) is 2.41. The summed E-state index contributed by atoms with van der Waals surface area (Å²) in [6.45, 7) is 3.32. The van der Waals surface area contributed by atoms with E-state index in [9.17, 15) is 4.79 Å². The van der Waals surface area contributed by atoms with Crippen LogP contribution < -0.4 is 5.32 Å². The summed E-state index contributed by atoms with van der Waals surface area (Å²) in [5.74, 6) is 0. The van der Waals surface area contributed by atoms with Crippen molar-refractivity contribution in [1.82, 2.24) is 10.2 Å². The lowest BCUT2D eigenvalue weighted by molar-refractivity contribution is -0.00920. The number of piperidine rings is 1. The van der Waals surface area contributed by atoms with Crippen molar-refractivity contribution in [2.75, 3.05) is 33.4 Å². The van der Waals surface area contributed by atoms with Crippen LogP contribution in [0.1, 0.15) is 18.4 Å². The predicted molar refractivity (Wildman–Crippen MR) is 81.1 cm³/mol. The average molecular weight is 292 g/mol. The summed E-state index contributed by atoms with van der Waals surface area (Å²) < 4.78 is 10.7. The Morgan fingerprint density at radius 3 is 2.62 bits per heavy atom. The first kappa shape index (κ1) is 15.8. The Morgan fingerprint density at radius 1 is 1.24 bits per heavy atom. The van der Waals surface area contributed by atoms with Crippen LogP contribution in [0.2, 0.25) is 0 Å². The molecule has 0 unspecified atom stereocenters. The van der Waals surface area contributed by atoms with Gasteiger partial charge in [0.2, 0.25) is 0 Å². The standard InChI is InChI=1S/C16H24N2O3/c1-20-11-12-21-15-7-9-18(10-8-15)16(19)17-13-14-5-3-2-4-6-14/h2-6,15H,7-13H2,1H3,(H,17,19). The van der Waals surface area contributed by atoms with Crippen molar-refractivity contribution >= 4 is 6.03 Å². The first-order chi connectivity index (χ1) is 10.3. The summed E-state index contributed by atoms with van der Waals surface area (Å²) in [5, 5.41) is 2.96. The van der Waals surface area contributed by atoms with E-state index < -0.39 is 0 Å². The Bertz CT molecular complexity index is 417. The number of likely N-dealkylation sites (tertiary alicyclic amines) is 1. The van der Waals surface area contributed by atoms with Gasteiger partial charge in [0.1, 0.15) is 0 Å². The van der Waals surface area contributed by atoms with E-state index in [1.54, 1.807) is 7.11 Å². The molecule has 5 nitrogen and oxygen atoms in total. The molecule has 1 aliphatic heterocycles. The molecule has 0 aliphatic carbocycles. The van der Waals surface area contributed by atoms with Crippen molar-refractivity contribution < 1.29 is 14.3 Å². The van der Waals surface area contributed by atoms with Gasteiger partial charge in [0.25, 0.3) is 0 Å². The van der Waals surface area contributed by atoms with Crippen molar-refractivity contribution in [3.05, 3.63) is 35.9 Å². The van der Waals surface area contributed by atoms with Crippen LogP contribution in [-0.2, 0) is 16.0 Å². The number of hydrogen-bond acceptors (Lipinski definition) is 3. The second-order valence-corrected chi connectivity index (χ2v) is 5.19. The molecule has 2 rings (SSSR count). The van der Waals surface area contributed by atoms with Crippen LogP contribution in [0.3, 0.4) is 0 Å². The Balaban J connectivity index is 1.66. The number of ether oxygens (including phenoxy) is 2. The van der Waals surface area contributed by atoms with Gasteiger partial charge >= 0.3 is 6.03 Å². The zero-order valence-corrected chi connectivity index (χ0v) is 12.6. The molecular formula is C16H24N2O3. The molecule has 5 heteroatoms. The molecule has 1 heterocycles. The third-order valence-electron chi connectivity index (χ3n) is 3.66. The molecule has 0 aromatic heterocycles. The van der Waals surface area contributed by atoms with E-state index in [1.807, 2.05) is 35.2 Å². The van der Waals surface area contributed by atoms with Crippen LogP contribution in [0.4, 0.5) is 4.79 Å². The highest BCUT2D eigenvalue weighted by atomic mass is 16.5. The molecule has 1 aliphatic rings. The summed E-state index contributed by atoms with van der Waals surface area (Å²) >= 11 is 0. The summed E-state index contributed by atoms with van der Waals surface area (Å²) in [6, 6.07) is 9.95.